The van der Waals surface area contributed by atoms with Crippen LogP contribution in [0.15, 0.2) is 12.2 Å². The molecular formula is C11H18O2. The summed E-state index contributed by atoms with van der Waals surface area (Å²) in [6.07, 6.45) is 7.30. The number of carbonyl (C=O) groups is 1. The first-order valence-corrected chi connectivity index (χ1v) is 4.88. The van der Waals surface area contributed by atoms with Crippen LogP contribution in [0.4, 0.5) is 0 Å². The van der Waals surface area contributed by atoms with Gasteiger partial charge in [0.1, 0.15) is 6.10 Å². The summed E-state index contributed by atoms with van der Waals surface area (Å²) in [5.41, 5.74) is -0.384. The topological polar surface area (TPSA) is 26.3 Å². The molecule has 1 aliphatic rings. The second kappa shape index (κ2) is 3.95. The van der Waals surface area contributed by atoms with Crippen molar-refractivity contribution in [3.05, 3.63) is 12.2 Å². The van der Waals surface area contributed by atoms with Gasteiger partial charge in [-0.1, -0.05) is 6.08 Å². The van der Waals surface area contributed by atoms with Crippen molar-refractivity contribution in [1.82, 2.24) is 0 Å². The largest absolute Gasteiger partial charge is 0.458 e. The summed E-state index contributed by atoms with van der Waals surface area (Å²) < 4.78 is 5.33. The lowest BCUT2D eigenvalue weighted by Crippen LogP contribution is -2.28. The highest BCUT2D eigenvalue weighted by atomic mass is 16.5. The van der Waals surface area contributed by atoms with Crippen LogP contribution < -0.4 is 0 Å². The molecule has 0 saturated heterocycles. The molecule has 0 aliphatic heterocycles. The SMILES string of the molecule is CC(C)(C)C(=O)O[C@@H]1C=CCCC1. The van der Waals surface area contributed by atoms with Gasteiger partial charge < -0.3 is 4.74 Å². The number of allylic oxidation sites excluding steroid dienone is 1. The van der Waals surface area contributed by atoms with Gasteiger partial charge in [-0.2, -0.15) is 0 Å². The maximum Gasteiger partial charge on any atom is 0.311 e. The van der Waals surface area contributed by atoms with Crippen molar-refractivity contribution in [3.8, 4) is 0 Å². The van der Waals surface area contributed by atoms with E-state index in [9.17, 15) is 4.79 Å². The molecule has 0 spiro atoms. The van der Waals surface area contributed by atoms with E-state index >= 15 is 0 Å². The lowest BCUT2D eigenvalue weighted by molar-refractivity contribution is -0.156. The van der Waals surface area contributed by atoms with Crippen LogP contribution in [0.25, 0.3) is 0 Å². The Bertz CT molecular complexity index is 211. The zero-order valence-electron chi connectivity index (χ0n) is 8.67. The van der Waals surface area contributed by atoms with Crippen LogP contribution in [0, 0.1) is 5.41 Å². The van der Waals surface area contributed by atoms with Gasteiger partial charge in [-0.15, -0.1) is 0 Å². The van der Waals surface area contributed by atoms with Crippen LogP contribution >= 0.6 is 0 Å². The van der Waals surface area contributed by atoms with E-state index in [2.05, 4.69) is 6.08 Å². The van der Waals surface area contributed by atoms with Crippen molar-refractivity contribution >= 4 is 5.97 Å². The van der Waals surface area contributed by atoms with E-state index in [1.165, 1.54) is 0 Å². The van der Waals surface area contributed by atoms with E-state index < -0.39 is 0 Å². The first kappa shape index (κ1) is 10.3. The van der Waals surface area contributed by atoms with Crippen LogP contribution in [0.5, 0.6) is 0 Å². The van der Waals surface area contributed by atoms with Gasteiger partial charge in [0.15, 0.2) is 0 Å². The van der Waals surface area contributed by atoms with Gasteiger partial charge in [-0.05, 0) is 46.1 Å². The molecule has 2 nitrogen and oxygen atoms in total. The Kier molecular flexibility index (Phi) is 3.12. The highest BCUT2D eigenvalue weighted by Gasteiger charge is 2.25. The molecule has 0 amide bonds. The first-order valence-electron chi connectivity index (χ1n) is 4.88. The van der Waals surface area contributed by atoms with Gasteiger partial charge in [0, 0.05) is 0 Å². The highest BCUT2D eigenvalue weighted by molar-refractivity contribution is 5.75. The van der Waals surface area contributed by atoms with Crippen LogP contribution in [0.1, 0.15) is 40.0 Å². The number of carbonyl (C=O) groups excluding carboxylic acids is 1. The van der Waals surface area contributed by atoms with E-state index in [1.807, 2.05) is 26.8 Å². The maximum atomic E-state index is 11.5. The van der Waals surface area contributed by atoms with Gasteiger partial charge >= 0.3 is 5.97 Å². The Morgan fingerprint density at radius 1 is 1.46 bits per heavy atom. The number of ether oxygens (including phenoxy) is 1. The lowest BCUT2D eigenvalue weighted by Gasteiger charge is -2.22. The minimum absolute atomic E-state index is 0.0143. The zero-order valence-corrected chi connectivity index (χ0v) is 8.67. The average Bonchev–Trinajstić information content (AvgIpc) is 2.04. The molecule has 1 rings (SSSR count). The van der Waals surface area contributed by atoms with Crippen LogP contribution in [-0.4, -0.2) is 12.1 Å². The summed E-state index contributed by atoms with van der Waals surface area (Å²) in [4.78, 5) is 11.5. The van der Waals surface area contributed by atoms with Gasteiger partial charge in [-0.25, -0.2) is 0 Å². The minimum atomic E-state index is -0.384. The van der Waals surface area contributed by atoms with Gasteiger partial charge in [-0.3, -0.25) is 4.79 Å². The predicted molar refractivity (Wildman–Crippen MR) is 52.3 cm³/mol. The molecule has 0 heterocycles. The number of esters is 1. The standard InChI is InChI=1S/C11H18O2/c1-11(2,3)10(12)13-9-7-5-4-6-8-9/h5,7,9H,4,6,8H2,1-3H3/t9-/m1/s1. The molecular weight excluding hydrogens is 164 g/mol. The molecule has 13 heavy (non-hydrogen) atoms. The fraction of sp³-hybridized carbons (Fsp3) is 0.727. The molecule has 0 radical (unpaired) electrons. The van der Waals surface area contributed by atoms with E-state index in [-0.39, 0.29) is 17.5 Å². The van der Waals surface area contributed by atoms with E-state index in [1.54, 1.807) is 0 Å². The molecule has 2 heteroatoms. The summed E-state index contributed by atoms with van der Waals surface area (Å²) in [5, 5.41) is 0. The normalized spacial score (nSPS) is 22.8. The van der Waals surface area contributed by atoms with E-state index in [4.69, 9.17) is 4.74 Å². The lowest BCUT2D eigenvalue weighted by atomic mass is 9.97. The fourth-order valence-electron chi connectivity index (χ4n) is 1.19. The number of hydrogen-bond acceptors (Lipinski definition) is 2. The molecule has 0 fully saturated rings. The van der Waals surface area contributed by atoms with Crippen molar-refractivity contribution in [3.63, 3.8) is 0 Å². The van der Waals surface area contributed by atoms with Gasteiger partial charge in [0.05, 0.1) is 5.41 Å². The predicted octanol–water partition coefficient (Wildman–Crippen LogP) is 2.68. The van der Waals surface area contributed by atoms with Crippen molar-refractivity contribution < 1.29 is 9.53 Å². The van der Waals surface area contributed by atoms with Crippen LogP contribution in [-0.2, 0) is 9.53 Å². The van der Waals surface area contributed by atoms with Crippen molar-refractivity contribution in [2.75, 3.05) is 0 Å². The fourth-order valence-corrected chi connectivity index (χ4v) is 1.19. The van der Waals surface area contributed by atoms with Crippen molar-refractivity contribution in [2.45, 2.75) is 46.1 Å². The van der Waals surface area contributed by atoms with Gasteiger partial charge in [0.25, 0.3) is 0 Å². The molecule has 0 saturated carbocycles. The zero-order chi connectivity index (χ0) is 9.90. The van der Waals surface area contributed by atoms with E-state index in [0.29, 0.717) is 0 Å². The summed E-state index contributed by atoms with van der Waals surface area (Å²) >= 11 is 0. The Morgan fingerprint density at radius 2 is 2.15 bits per heavy atom. The summed E-state index contributed by atoms with van der Waals surface area (Å²) in [6.45, 7) is 5.63. The monoisotopic (exact) mass is 182 g/mol. The molecule has 1 atom stereocenters. The third kappa shape index (κ3) is 3.21. The van der Waals surface area contributed by atoms with Crippen LogP contribution in [0.3, 0.4) is 0 Å². The number of rotatable bonds is 1. The third-order valence-corrected chi connectivity index (χ3v) is 2.08. The minimum Gasteiger partial charge on any atom is -0.458 e. The van der Waals surface area contributed by atoms with Gasteiger partial charge in [0.2, 0.25) is 0 Å². The summed E-state index contributed by atoms with van der Waals surface area (Å²) in [6, 6.07) is 0. The Balaban J connectivity index is 2.44. The molecule has 1 aliphatic carbocycles. The number of hydrogen-bond donors (Lipinski definition) is 0. The maximum absolute atomic E-state index is 11.5. The third-order valence-electron chi connectivity index (χ3n) is 2.08. The van der Waals surface area contributed by atoms with Crippen molar-refractivity contribution in [2.24, 2.45) is 5.41 Å². The highest BCUT2D eigenvalue weighted by Crippen LogP contribution is 2.20. The van der Waals surface area contributed by atoms with E-state index in [0.717, 1.165) is 19.3 Å². The Hall–Kier alpha value is -0.790. The smallest absolute Gasteiger partial charge is 0.311 e. The second-order valence-corrected chi connectivity index (χ2v) is 4.55. The summed E-state index contributed by atoms with van der Waals surface area (Å²) in [5.74, 6) is -0.107. The average molecular weight is 182 g/mol. The first-order chi connectivity index (χ1) is 6.00. The molecule has 0 aromatic carbocycles. The molecule has 74 valence electrons. The van der Waals surface area contributed by atoms with Crippen LogP contribution in [0.2, 0.25) is 0 Å². The Morgan fingerprint density at radius 3 is 2.62 bits per heavy atom. The molecule has 0 N–H and O–H groups in total. The molecule has 0 bridgehead atoms. The van der Waals surface area contributed by atoms with Crippen molar-refractivity contribution in [1.29, 1.82) is 0 Å². The summed E-state index contributed by atoms with van der Waals surface area (Å²) in [7, 11) is 0. The second-order valence-electron chi connectivity index (χ2n) is 4.55. The quantitative estimate of drug-likeness (QED) is 0.460. The molecule has 0 aromatic heterocycles. The molecule has 0 unspecified atom stereocenters. The Labute approximate surface area is 80.0 Å². The molecule has 0 aromatic rings.